The number of anilines is 1. The van der Waals surface area contributed by atoms with Crippen molar-refractivity contribution in [1.82, 2.24) is 9.78 Å². The first kappa shape index (κ1) is 21.4. The molecule has 0 unspecified atom stereocenters. The maximum absolute atomic E-state index is 12.5. The number of nitro groups is 2. The van der Waals surface area contributed by atoms with E-state index >= 15 is 0 Å². The zero-order valence-electron chi connectivity index (χ0n) is 14.8. The minimum atomic E-state index is -0.560. The van der Waals surface area contributed by atoms with Crippen LogP contribution in [0.1, 0.15) is 10.5 Å². The SMILES string of the molecule is O=C(Nc1c(Br)cc([N+](=O)[O-])cc1Br)c1ccn(COc2ccccc2[N+](=O)[O-])n1. The van der Waals surface area contributed by atoms with Crippen LogP contribution in [0.25, 0.3) is 0 Å². The summed E-state index contributed by atoms with van der Waals surface area (Å²) in [4.78, 5) is 33.3. The number of nitrogens with one attached hydrogen (secondary N) is 1. The summed E-state index contributed by atoms with van der Waals surface area (Å²) >= 11 is 6.38. The lowest BCUT2D eigenvalue weighted by atomic mass is 10.2. The normalized spacial score (nSPS) is 10.5. The molecule has 0 aliphatic rings. The number of carbonyl (C=O) groups excluding carboxylic acids is 1. The van der Waals surface area contributed by atoms with Crippen LogP contribution in [0.5, 0.6) is 5.75 Å². The number of nitrogens with zero attached hydrogens (tertiary/aromatic N) is 4. The molecule has 30 heavy (non-hydrogen) atoms. The predicted molar refractivity (Wildman–Crippen MR) is 112 cm³/mol. The van der Waals surface area contributed by atoms with Gasteiger partial charge < -0.3 is 10.1 Å². The fourth-order valence-electron chi connectivity index (χ4n) is 2.38. The van der Waals surface area contributed by atoms with E-state index in [-0.39, 0.29) is 29.5 Å². The Bertz CT molecular complexity index is 1130. The van der Waals surface area contributed by atoms with Gasteiger partial charge in [-0.05, 0) is 44.0 Å². The first-order valence-corrected chi connectivity index (χ1v) is 9.69. The van der Waals surface area contributed by atoms with E-state index in [4.69, 9.17) is 4.74 Å². The standard InChI is InChI=1S/C17H11Br2N5O6/c18-11-7-10(23(26)27)8-12(19)16(11)20-17(25)13-5-6-22(21-13)9-30-15-4-2-1-3-14(15)24(28)29/h1-8H,9H2,(H,20,25). The third kappa shape index (κ3) is 4.80. The van der Waals surface area contributed by atoms with Gasteiger partial charge in [0.25, 0.3) is 11.6 Å². The number of non-ortho nitro benzene ring substituents is 1. The molecule has 1 N–H and O–H groups in total. The number of rotatable bonds is 7. The molecule has 3 aromatic rings. The lowest BCUT2D eigenvalue weighted by molar-refractivity contribution is -0.386. The Morgan fingerprint density at radius 3 is 2.40 bits per heavy atom. The molecule has 11 nitrogen and oxygen atoms in total. The van der Waals surface area contributed by atoms with Crippen LogP contribution >= 0.6 is 31.9 Å². The third-order valence-electron chi connectivity index (χ3n) is 3.76. The van der Waals surface area contributed by atoms with Crippen molar-refractivity contribution < 1.29 is 19.4 Å². The average molecular weight is 541 g/mol. The van der Waals surface area contributed by atoms with Gasteiger partial charge in [0, 0.05) is 33.3 Å². The topological polar surface area (TPSA) is 142 Å². The van der Waals surface area contributed by atoms with E-state index in [0.29, 0.717) is 14.6 Å². The van der Waals surface area contributed by atoms with Gasteiger partial charge in [-0.15, -0.1) is 0 Å². The van der Waals surface area contributed by atoms with Crippen LogP contribution in [-0.4, -0.2) is 25.5 Å². The maximum Gasteiger partial charge on any atom is 0.311 e. The summed E-state index contributed by atoms with van der Waals surface area (Å²) in [6, 6.07) is 9.86. The Morgan fingerprint density at radius 2 is 1.77 bits per heavy atom. The number of hydrogen-bond donors (Lipinski definition) is 1. The van der Waals surface area contributed by atoms with Crippen LogP contribution in [0.2, 0.25) is 0 Å². The number of halogens is 2. The Morgan fingerprint density at radius 1 is 1.10 bits per heavy atom. The molecular formula is C17H11Br2N5O6. The molecule has 1 heterocycles. The van der Waals surface area contributed by atoms with Crippen molar-refractivity contribution in [2.24, 2.45) is 0 Å². The number of benzene rings is 2. The van der Waals surface area contributed by atoms with Crippen LogP contribution in [-0.2, 0) is 6.73 Å². The quantitative estimate of drug-likeness (QED) is 0.343. The summed E-state index contributed by atoms with van der Waals surface area (Å²) in [5, 5.41) is 28.6. The average Bonchev–Trinajstić information content (AvgIpc) is 3.18. The van der Waals surface area contributed by atoms with Crippen LogP contribution in [0.3, 0.4) is 0 Å². The van der Waals surface area contributed by atoms with Gasteiger partial charge in [0.2, 0.25) is 0 Å². The van der Waals surface area contributed by atoms with E-state index < -0.39 is 15.8 Å². The molecule has 0 saturated carbocycles. The lowest BCUT2D eigenvalue weighted by Crippen LogP contribution is -2.15. The van der Waals surface area contributed by atoms with Gasteiger partial charge in [0.1, 0.15) is 0 Å². The minimum absolute atomic E-state index is 0.0540. The largest absolute Gasteiger partial charge is 0.464 e. The highest BCUT2D eigenvalue weighted by atomic mass is 79.9. The Balaban J connectivity index is 1.70. The summed E-state index contributed by atoms with van der Waals surface area (Å²) in [6.45, 7) is -0.150. The first-order valence-electron chi connectivity index (χ1n) is 8.10. The molecule has 0 radical (unpaired) electrons. The van der Waals surface area contributed by atoms with E-state index in [0.717, 1.165) is 0 Å². The highest BCUT2D eigenvalue weighted by Gasteiger charge is 2.18. The smallest absolute Gasteiger partial charge is 0.311 e. The van der Waals surface area contributed by atoms with Gasteiger partial charge in [0.15, 0.2) is 18.2 Å². The maximum atomic E-state index is 12.5. The second kappa shape index (κ2) is 9.00. The van der Waals surface area contributed by atoms with Crippen LogP contribution < -0.4 is 10.1 Å². The van der Waals surface area contributed by atoms with Crippen LogP contribution in [0.4, 0.5) is 17.1 Å². The van der Waals surface area contributed by atoms with Gasteiger partial charge in [-0.25, -0.2) is 4.68 Å². The number of amides is 1. The molecule has 0 spiro atoms. The van der Waals surface area contributed by atoms with Crippen LogP contribution in [0, 0.1) is 20.2 Å². The molecule has 0 atom stereocenters. The number of nitro benzene ring substituents is 2. The van der Waals surface area contributed by atoms with Gasteiger partial charge in [-0.3, -0.25) is 25.0 Å². The molecule has 0 aliphatic carbocycles. The Hall–Kier alpha value is -3.32. The fraction of sp³-hybridized carbons (Fsp3) is 0.0588. The van der Waals surface area contributed by atoms with Crippen LogP contribution in [0.15, 0.2) is 57.6 Å². The summed E-state index contributed by atoms with van der Waals surface area (Å²) in [7, 11) is 0. The van der Waals surface area contributed by atoms with E-state index in [1.807, 2.05) is 0 Å². The van der Waals surface area contributed by atoms with E-state index in [1.54, 1.807) is 6.07 Å². The Labute approximate surface area is 185 Å². The molecule has 1 amide bonds. The summed E-state index contributed by atoms with van der Waals surface area (Å²) in [5.41, 5.74) is 0.0216. The lowest BCUT2D eigenvalue weighted by Gasteiger charge is -2.09. The molecule has 0 fully saturated rings. The van der Waals surface area contributed by atoms with Gasteiger partial charge in [-0.2, -0.15) is 5.10 Å². The van der Waals surface area contributed by atoms with Gasteiger partial charge >= 0.3 is 5.69 Å². The van der Waals surface area contributed by atoms with Crippen molar-refractivity contribution in [2.45, 2.75) is 6.73 Å². The van der Waals surface area contributed by atoms with Crippen molar-refractivity contribution in [3.05, 3.63) is 83.5 Å². The highest BCUT2D eigenvalue weighted by Crippen LogP contribution is 2.35. The molecule has 2 aromatic carbocycles. The zero-order valence-corrected chi connectivity index (χ0v) is 18.0. The second-order valence-electron chi connectivity index (χ2n) is 5.73. The monoisotopic (exact) mass is 539 g/mol. The number of para-hydroxylation sites is 2. The molecule has 3 rings (SSSR count). The fourth-order valence-corrected chi connectivity index (χ4v) is 3.74. The molecule has 13 heteroatoms. The van der Waals surface area contributed by atoms with E-state index in [2.05, 4.69) is 42.3 Å². The first-order chi connectivity index (χ1) is 14.3. The van der Waals surface area contributed by atoms with E-state index in [9.17, 15) is 25.0 Å². The number of carbonyl (C=O) groups is 1. The summed E-state index contributed by atoms with van der Waals surface area (Å²) in [5.74, 6) is -0.488. The number of hydrogen-bond acceptors (Lipinski definition) is 7. The van der Waals surface area contributed by atoms with Crippen molar-refractivity contribution in [2.75, 3.05) is 5.32 Å². The van der Waals surface area contributed by atoms with Crippen molar-refractivity contribution in [1.29, 1.82) is 0 Å². The summed E-state index contributed by atoms with van der Waals surface area (Å²) < 4.78 is 7.35. The molecule has 0 aliphatic heterocycles. The molecular weight excluding hydrogens is 530 g/mol. The second-order valence-corrected chi connectivity index (χ2v) is 7.44. The van der Waals surface area contributed by atoms with Gasteiger partial charge in [0.05, 0.1) is 15.5 Å². The number of aromatic nitrogens is 2. The number of ether oxygens (including phenoxy) is 1. The minimum Gasteiger partial charge on any atom is -0.464 e. The molecule has 154 valence electrons. The molecule has 1 aromatic heterocycles. The third-order valence-corrected chi connectivity index (χ3v) is 5.01. The summed E-state index contributed by atoms with van der Waals surface area (Å²) in [6.07, 6.45) is 1.48. The van der Waals surface area contributed by atoms with Crippen molar-refractivity contribution >= 4 is 54.8 Å². The van der Waals surface area contributed by atoms with E-state index in [1.165, 1.54) is 47.3 Å². The predicted octanol–water partition coefficient (Wildman–Crippen LogP) is 4.51. The Kier molecular flexibility index (Phi) is 6.42. The molecule has 0 bridgehead atoms. The highest BCUT2D eigenvalue weighted by molar-refractivity contribution is 9.11. The van der Waals surface area contributed by atoms with Crippen molar-refractivity contribution in [3.8, 4) is 5.75 Å². The molecule has 0 saturated heterocycles. The van der Waals surface area contributed by atoms with Crippen molar-refractivity contribution in [3.63, 3.8) is 0 Å². The zero-order chi connectivity index (χ0) is 21.8. The van der Waals surface area contributed by atoms with Gasteiger partial charge in [-0.1, -0.05) is 12.1 Å².